The summed E-state index contributed by atoms with van der Waals surface area (Å²) in [6.07, 6.45) is 0. The van der Waals surface area contributed by atoms with Crippen LogP contribution >= 0.6 is 11.8 Å². The Kier molecular flexibility index (Phi) is 4.98. The quantitative estimate of drug-likeness (QED) is 0.854. The van der Waals surface area contributed by atoms with Gasteiger partial charge in [-0.1, -0.05) is 12.1 Å². The van der Waals surface area contributed by atoms with Crippen molar-refractivity contribution in [2.75, 3.05) is 7.11 Å². The second-order valence-corrected chi connectivity index (χ2v) is 5.23. The number of benzene rings is 2. The maximum atomic E-state index is 13.5. The molecule has 0 spiro atoms. The Labute approximate surface area is 120 Å². The van der Waals surface area contributed by atoms with Gasteiger partial charge in [-0.05, 0) is 23.8 Å². The molecule has 0 aromatic heterocycles. The first-order valence-corrected chi connectivity index (χ1v) is 7.06. The molecular weight excluding hydrogens is 280 g/mol. The van der Waals surface area contributed by atoms with Crippen molar-refractivity contribution >= 4 is 11.8 Å². The Hall–Kier alpha value is -1.59. The summed E-state index contributed by atoms with van der Waals surface area (Å²) in [7, 11) is 1.59. The summed E-state index contributed by atoms with van der Waals surface area (Å²) in [5.74, 6) is 0.190. The molecule has 0 saturated heterocycles. The molecule has 2 N–H and O–H groups in total. The van der Waals surface area contributed by atoms with Gasteiger partial charge in [0, 0.05) is 28.8 Å². The summed E-state index contributed by atoms with van der Waals surface area (Å²) in [6, 6.07) is 9.30. The van der Waals surface area contributed by atoms with Crippen molar-refractivity contribution in [3.63, 3.8) is 0 Å². The lowest BCUT2D eigenvalue weighted by atomic mass is 10.1. The maximum Gasteiger partial charge on any atom is 0.139 e. The highest BCUT2D eigenvalue weighted by Gasteiger charge is 2.07. The number of hydrogen-bond acceptors (Lipinski definition) is 3. The molecule has 2 rings (SSSR count). The fourth-order valence-corrected chi connectivity index (χ4v) is 2.66. The molecule has 0 aliphatic rings. The average molecular weight is 295 g/mol. The van der Waals surface area contributed by atoms with Gasteiger partial charge in [0.2, 0.25) is 0 Å². The second kappa shape index (κ2) is 6.72. The number of nitrogens with two attached hydrogens (primary N) is 1. The highest BCUT2D eigenvalue weighted by molar-refractivity contribution is 7.98. The van der Waals surface area contributed by atoms with Crippen molar-refractivity contribution in [3.8, 4) is 5.75 Å². The van der Waals surface area contributed by atoms with Gasteiger partial charge in [0.25, 0.3) is 0 Å². The predicted octanol–water partition coefficient (Wildman–Crippen LogP) is 3.72. The third kappa shape index (κ3) is 3.49. The minimum Gasteiger partial charge on any atom is -0.496 e. The van der Waals surface area contributed by atoms with Crippen molar-refractivity contribution in [2.24, 2.45) is 5.73 Å². The molecule has 2 aromatic rings. The number of ether oxygens (including phenoxy) is 1. The van der Waals surface area contributed by atoms with E-state index >= 15 is 0 Å². The molecule has 0 aliphatic heterocycles. The van der Waals surface area contributed by atoms with Gasteiger partial charge in [-0.15, -0.1) is 11.8 Å². The van der Waals surface area contributed by atoms with Crippen LogP contribution in [-0.4, -0.2) is 7.11 Å². The van der Waals surface area contributed by atoms with E-state index in [2.05, 4.69) is 0 Å². The lowest BCUT2D eigenvalue weighted by Crippen LogP contribution is -2.00. The van der Waals surface area contributed by atoms with Crippen LogP contribution in [0, 0.1) is 11.6 Å². The van der Waals surface area contributed by atoms with Gasteiger partial charge in [0.15, 0.2) is 0 Å². The molecule has 106 valence electrons. The number of halogens is 2. The number of rotatable bonds is 5. The van der Waals surface area contributed by atoms with Crippen LogP contribution in [0.3, 0.4) is 0 Å². The van der Waals surface area contributed by atoms with E-state index in [0.717, 1.165) is 22.9 Å². The third-order valence-electron chi connectivity index (χ3n) is 2.86. The molecule has 0 aliphatic carbocycles. The lowest BCUT2D eigenvalue weighted by Gasteiger charge is -2.09. The first kappa shape index (κ1) is 14.8. The lowest BCUT2D eigenvalue weighted by molar-refractivity contribution is 0.409. The van der Waals surface area contributed by atoms with Crippen LogP contribution in [0.5, 0.6) is 5.75 Å². The van der Waals surface area contributed by atoms with E-state index < -0.39 is 11.6 Å². The number of hydrogen-bond donors (Lipinski definition) is 1. The molecule has 0 unspecified atom stereocenters. The fraction of sp³-hybridized carbons (Fsp3) is 0.200. The minimum absolute atomic E-state index is 0.406. The summed E-state index contributed by atoms with van der Waals surface area (Å²) >= 11 is 1.31. The van der Waals surface area contributed by atoms with Gasteiger partial charge < -0.3 is 10.5 Å². The largest absolute Gasteiger partial charge is 0.496 e. The Balaban J connectivity index is 2.10. The Morgan fingerprint density at radius 2 is 1.95 bits per heavy atom. The average Bonchev–Trinajstić information content (AvgIpc) is 2.46. The van der Waals surface area contributed by atoms with Crippen molar-refractivity contribution in [3.05, 3.63) is 59.2 Å². The molecule has 2 nitrogen and oxygen atoms in total. The predicted molar refractivity (Wildman–Crippen MR) is 76.8 cm³/mol. The first-order valence-electron chi connectivity index (χ1n) is 6.07. The molecule has 0 atom stereocenters. The highest BCUT2D eigenvalue weighted by atomic mass is 32.2. The van der Waals surface area contributed by atoms with Gasteiger partial charge in [0.05, 0.1) is 7.11 Å². The zero-order valence-electron chi connectivity index (χ0n) is 11.0. The zero-order valence-corrected chi connectivity index (χ0v) is 11.8. The highest BCUT2D eigenvalue weighted by Crippen LogP contribution is 2.28. The van der Waals surface area contributed by atoms with Crippen molar-refractivity contribution in [1.29, 1.82) is 0 Å². The summed E-state index contributed by atoms with van der Waals surface area (Å²) in [5, 5.41) is 0. The van der Waals surface area contributed by atoms with E-state index in [1.54, 1.807) is 7.11 Å². The van der Waals surface area contributed by atoms with Crippen LogP contribution < -0.4 is 10.5 Å². The van der Waals surface area contributed by atoms with E-state index in [4.69, 9.17) is 10.5 Å². The summed E-state index contributed by atoms with van der Waals surface area (Å²) in [4.78, 5) is 0.424. The monoisotopic (exact) mass is 295 g/mol. The molecule has 0 fully saturated rings. The standard InChI is InChI=1S/C15H15F2NOS/c1-19-14-6-10(2-3-11(14)8-18)9-20-15-5-4-12(16)7-13(15)17/h2-7H,8-9,18H2,1H3. The van der Waals surface area contributed by atoms with Gasteiger partial charge in [-0.3, -0.25) is 0 Å². The Morgan fingerprint density at radius 1 is 1.15 bits per heavy atom. The summed E-state index contributed by atoms with van der Waals surface area (Å²) < 4.78 is 31.6. The maximum absolute atomic E-state index is 13.5. The zero-order chi connectivity index (χ0) is 14.5. The van der Waals surface area contributed by atoms with Gasteiger partial charge in [-0.25, -0.2) is 8.78 Å². The van der Waals surface area contributed by atoms with Crippen LogP contribution in [-0.2, 0) is 12.3 Å². The van der Waals surface area contributed by atoms with Crippen LogP contribution in [0.15, 0.2) is 41.3 Å². The van der Waals surface area contributed by atoms with Gasteiger partial charge >= 0.3 is 0 Å². The summed E-state index contributed by atoms with van der Waals surface area (Å²) in [6.45, 7) is 0.406. The van der Waals surface area contributed by atoms with Crippen LogP contribution in [0.1, 0.15) is 11.1 Å². The van der Waals surface area contributed by atoms with Crippen molar-refractivity contribution in [2.45, 2.75) is 17.2 Å². The van der Waals surface area contributed by atoms with E-state index in [-0.39, 0.29) is 0 Å². The Bertz CT molecular complexity index is 604. The Morgan fingerprint density at radius 3 is 2.60 bits per heavy atom. The molecule has 5 heteroatoms. The molecule has 0 amide bonds. The van der Waals surface area contributed by atoms with Gasteiger partial charge in [-0.2, -0.15) is 0 Å². The fourth-order valence-electron chi connectivity index (χ4n) is 1.80. The summed E-state index contributed by atoms with van der Waals surface area (Å²) in [5.41, 5.74) is 7.52. The van der Waals surface area contributed by atoms with Crippen LogP contribution in [0.4, 0.5) is 8.78 Å². The second-order valence-electron chi connectivity index (χ2n) is 4.21. The third-order valence-corrected chi connectivity index (χ3v) is 3.98. The van der Waals surface area contributed by atoms with E-state index in [1.165, 1.54) is 23.9 Å². The van der Waals surface area contributed by atoms with Crippen molar-refractivity contribution < 1.29 is 13.5 Å². The smallest absolute Gasteiger partial charge is 0.139 e. The minimum atomic E-state index is -0.569. The number of thioether (sulfide) groups is 1. The van der Waals surface area contributed by atoms with Gasteiger partial charge in [0.1, 0.15) is 17.4 Å². The normalized spacial score (nSPS) is 10.6. The topological polar surface area (TPSA) is 35.2 Å². The molecule has 0 heterocycles. The molecule has 0 radical (unpaired) electrons. The van der Waals surface area contributed by atoms with Crippen LogP contribution in [0.2, 0.25) is 0 Å². The van der Waals surface area contributed by atoms with E-state index in [1.807, 2.05) is 18.2 Å². The SMILES string of the molecule is COc1cc(CSc2ccc(F)cc2F)ccc1CN. The molecule has 2 aromatic carbocycles. The van der Waals surface area contributed by atoms with Crippen LogP contribution in [0.25, 0.3) is 0 Å². The molecular formula is C15H15F2NOS. The van der Waals surface area contributed by atoms with Crippen molar-refractivity contribution in [1.82, 2.24) is 0 Å². The molecule has 0 bridgehead atoms. The molecule has 0 saturated carbocycles. The van der Waals surface area contributed by atoms with E-state index in [0.29, 0.717) is 17.2 Å². The first-order chi connectivity index (χ1) is 9.63. The number of methoxy groups -OCH3 is 1. The van der Waals surface area contributed by atoms with E-state index in [9.17, 15) is 8.78 Å². The molecule has 20 heavy (non-hydrogen) atoms.